The van der Waals surface area contributed by atoms with Crippen LogP contribution in [0.4, 0.5) is 5.69 Å². The topological polar surface area (TPSA) is 96.6 Å². The maximum atomic E-state index is 12.4. The predicted molar refractivity (Wildman–Crippen MR) is 84.8 cm³/mol. The van der Waals surface area contributed by atoms with Crippen LogP contribution < -0.4 is 4.72 Å². The Morgan fingerprint density at radius 3 is 2.61 bits per heavy atom. The van der Waals surface area contributed by atoms with Crippen molar-refractivity contribution >= 4 is 32.6 Å². The molecule has 0 radical (unpaired) electrons. The third kappa shape index (κ3) is 3.35. The second kappa shape index (κ2) is 5.77. The average Bonchev–Trinajstić information content (AvgIpc) is 2.91. The molecule has 23 heavy (non-hydrogen) atoms. The molecule has 7 heteroatoms. The summed E-state index contributed by atoms with van der Waals surface area (Å²) < 4.78 is 32.5. The van der Waals surface area contributed by atoms with Gasteiger partial charge >= 0.3 is 5.97 Å². The van der Waals surface area contributed by atoms with Crippen molar-refractivity contribution in [2.75, 3.05) is 4.72 Å². The van der Waals surface area contributed by atoms with E-state index in [0.29, 0.717) is 16.5 Å². The van der Waals surface area contributed by atoms with Crippen LogP contribution in [-0.2, 0) is 21.2 Å². The molecule has 2 N–H and O–H groups in total. The van der Waals surface area contributed by atoms with Crippen molar-refractivity contribution in [3.05, 3.63) is 60.2 Å². The van der Waals surface area contributed by atoms with Gasteiger partial charge in [0.25, 0.3) is 10.0 Å². The Labute approximate surface area is 132 Å². The van der Waals surface area contributed by atoms with Crippen molar-refractivity contribution in [3.8, 4) is 0 Å². The Balaban J connectivity index is 1.90. The lowest BCUT2D eigenvalue weighted by molar-refractivity contribution is -0.136. The number of benzene rings is 2. The first-order valence-corrected chi connectivity index (χ1v) is 8.24. The number of carboxylic acid groups (broad SMARTS) is 1. The first-order chi connectivity index (χ1) is 10.9. The van der Waals surface area contributed by atoms with E-state index in [4.69, 9.17) is 9.52 Å². The van der Waals surface area contributed by atoms with Crippen molar-refractivity contribution in [2.45, 2.75) is 11.5 Å². The van der Waals surface area contributed by atoms with Crippen LogP contribution in [0.3, 0.4) is 0 Å². The molecule has 6 nitrogen and oxygen atoms in total. The molecule has 0 amide bonds. The lowest BCUT2D eigenvalue weighted by atomic mass is 10.1. The molecule has 0 unspecified atom stereocenters. The fourth-order valence-electron chi connectivity index (χ4n) is 2.21. The summed E-state index contributed by atoms with van der Waals surface area (Å²) in [5.74, 6) is -0.984. The summed E-state index contributed by atoms with van der Waals surface area (Å²) in [6.07, 6.45) is -0.180. The number of hydrogen-bond donors (Lipinski definition) is 2. The molecule has 2 aromatic carbocycles. The van der Waals surface area contributed by atoms with Crippen LogP contribution in [-0.4, -0.2) is 19.5 Å². The first-order valence-electron chi connectivity index (χ1n) is 6.76. The molecular weight excluding hydrogens is 318 g/mol. The molecule has 0 saturated heterocycles. The Morgan fingerprint density at radius 2 is 1.87 bits per heavy atom. The van der Waals surface area contributed by atoms with E-state index in [1.807, 2.05) is 0 Å². The van der Waals surface area contributed by atoms with Crippen molar-refractivity contribution in [3.63, 3.8) is 0 Å². The van der Waals surface area contributed by atoms with Gasteiger partial charge in [-0.15, -0.1) is 0 Å². The van der Waals surface area contributed by atoms with Gasteiger partial charge in [0, 0.05) is 17.1 Å². The van der Waals surface area contributed by atoms with Crippen molar-refractivity contribution in [1.29, 1.82) is 0 Å². The number of nitrogens with one attached hydrogen (secondary N) is 1. The molecule has 0 atom stereocenters. The van der Waals surface area contributed by atoms with Crippen LogP contribution in [0.15, 0.2) is 64.1 Å². The fourth-order valence-corrected chi connectivity index (χ4v) is 3.23. The van der Waals surface area contributed by atoms with Crippen LogP contribution in [0, 0.1) is 0 Å². The molecule has 3 rings (SSSR count). The number of fused-ring (bicyclic) bond motifs is 1. The van der Waals surface area contributed by atoms with Gasteiger partial charge in [-0.05, 0) is 23.8 Å². The first kappa shape index (κ1) is 15.1. The molecule has 0 aliphatic heterocycles. The average molecular weight is 331 g/mol. The Morgan fingerprint density at radius 1 is 1.09 bits per heavy atom. The second-order valence-electron chi connectivity index (χ2n) is 4.98. The lowest BCUT2D eigenvalue weighted by Crippen LogP contribution is -2.12. The number of para-hydroxylation sites is 1. The third-order valence-corrected chi connectivity index (χ3v) is 4.44. The zero-order valence-corrected chi connectivity index (χ0v) is 12.7. The van der Waals surface area contributed by atoms with Gasteiger partial charge in [-0.2, -0.15) is 8.42 Å². The van der Waals surface area contributed by atoms with E-state index in [1.165, 1.54) is 12.1 Å². The molecule has 0 aliphatic carbocycles. The molecule has 0 fully saturated rings. The summed E-state index contributed by atoms with van der Waals surface area (Å²) in [6.45, 7) is 0. The van der Waals surface area contributed by atoms with E-state index >= 15 is 0 Å². The van der Waals surface area contributed by atoms with Gasteiger partial charge in [0.2, 0.25) is 5.09 Å². The summed E-state index contributed by atoms with van der Waals surface area (Å²) in [5.41, 5.74) is 1.26. The zero-order valence-electron chi connectivity index (χ0n) is 11.9. The van der Waals surface area contributed by atoms with Gasteiger partial charge in [-0.25, -0.2) is 0 Å². The van der Waals surface area contributed by atoms with Gasteiger partial charge < -0.3 is 9.52 Å². The van der Waals surface area contributed by atoms with Crippen LogP contribution in [0.25, 0.3) is 11.0 Å². The van der Waals surface area contributed by atoms with Gasteiger partial charge in [0.05, 0.1) is 6.42 Å². The van der Waals surface area contributed by atoms with Gasteiger partial charge in [-0.3, -0.25) is 9.52 Å². The van der Waals surface area contributed by atoms with Gasteiger partial charge in [0.1, 0.15) is 5.58 Å². The number of anilines is 1. The molecule has 118 valence electrons. The molecule has 1 heterocycles. The molecule has 0 bridgehead atoms. The molecule has 0 saturated carbocycles. The van der Waals surface area contributed by atoms with E-state index in [0.717, 1.165) is 0 Å². The maximum absolute atomic E-state index is 12.4. The molecule has 0 aliphatic rings. The summed E-state index contributed by atoms with van der Waals surface area (Å²) >= 11 is 0. The number of carboxylic acids is 1. The Bertz CT molecular complexity index is 942. The largest absolute Gasteiger partial charge is 0.481 e. The fraction of sp³-hybridized carbons (Fsp3) is 0.0625. The molecular formula is C16H13NO5S. The van der Waals surface area contributed by atoms with Crippen LogP contribution >= 0.6 is 0 Å². The highest BCUT2D eigenvalue weighted by atomic mass is 32.2. The predicted octanol–water partition coefficient (Wildman–Crippen LogP) is 2.86. The SMILES string of the molecule is O=C(O)Cc1cccc(NS(=O)(=O)c2cc3ccccc3o2)c1. The minimum atomic E-state index is -3.88. The number of rotatable bonds is 5. The maximum Gasteiger partial charge on any atom is 0.307 e. The van der Waals surface area contributed by atoms with Crippen LogP contribution in [0.1, 0.15) is 5.56 Å². The number of hydrogen-bond acceptors (Lipinski definition) is 4. The van der Waals surface area contributed by atoms with E-state index in [-0.39, 0.29) is 17.2 Å². The second-order valence-corrected chi connectivity index (χ2v) is 6.59. The molecule has 1 aromatic heterocycles. The van der Waals surface area contributed by atoms with Crippen molar-refractivity contribution in [2.24, 2.45) is 0 Å². The number of aliphatic carboxylic acids is 1. The number of furan rings is 1. The monoisotopic (exact) mass is 331 g/mol. The lowest BCUT2D eigenvalue weighted by Gasteiger charge is -2.07. The Kier molecular flexibility index (Phi) is 3.79. The minimum Gasteiger partial charge on any atom is -0.481 e. The van der Waals surface area contributed by atoms with Gasteiger partial charge in [-0.1, -0.05) is 30.3 Å². The van der Waals surface area contributed by atoms with Crippen molar-refractivity contribution < 1.29 is 22.7 Å². The van der Waals surface area contributed by atoms with E-state index in [9.17, 15) is 13.2 Å². The smallest absolute Gasteiger partial charge is 0.307 e. The summed E-state index contributed by atoms with van der Waals surface area (Å²) in [4.78, 5) is 10.7. The highest BCUT2D eigenvalue weighted by Gasteiger charge is 2.19. The third-order valence-electron chi connectivity index (χ3n) is 3.20. The van der Waals surface area contributed by atoms with Crippen molar-refractivity contribution in [1.82, 2.24) is 0 Å². The summed E-state index contributed by atoms with van der Waals surface area (Å²) in [5, 5.41) is 9.29. The summed E-state index contributed by atoms with van der Waals surface area (Å²) in [7, 11) is -3.88. The minimum absolute atomic E-state index is 0.180. The Hall–Kier alpha value is -2.80. The quantitative estimate of drug-likeness (QED) is 0.749. The highest BCUT2D eigenvalue weighted by Crippen LogP contribution is 2.24. The number of carbonyl (C=O) groups is 1. The molecule has 0 spiro atoms. The summed E-state index contributed by atoms with van der Waals surface area (Å²) in [6, 6.07) is 14.7. The van der Waals surface area contributed by atoms with Crippen LogP contribution in [0.2, 0.25) is 0 Å². The zero-order chi connectivity index (χ0) is 16.4. The standard InChI is InChI=1S/C16H13NO5S/c18-15(19)9-11-4-3-6-13(8-11)17-23(20,21)16-10-12-5-1-2-7-14(12)22-16/h1-8,10,17H,9H2,(H,18,19). The van der Waals surface area contributed by atoms with E-state index in [1.54, 1.807) is 42.5 Å². The van der Waals surface area contributed by atoms with Gasteiger partial charge in [0.15, 0.2) is 0 Å². The normalized spacial score (nSPS) is 11.5. The number of sulfonamides is 1. The van der Waals surface area contributed by atoms with E-state index in [2.05, 4.69) is 4.72 Å². The molecule has 3 aromatic rings. The van der Waals surface area contributed by atoms with E-state index < -0.39 is 16.0 Å². The van der Waals surface area contributed by atoms with Crippen LogP contribution in [0.5, 0.6) is 0 Å². The highest BCUT2D eigenvalue weighted by molar-refractivity contribution is 7.92.